The molecule has 1 aromatic rings. The fourth-order valence-electron chi connectivity index (χ4n) is 3.42. The number of fused-ring (bicyclic) bond motifs is 1. The Balaban J connectivity index is 1.79. The second-order valence-corrected chi connectivity index (χ2v) is 6.75. The fourth-order valence-corrected chi connectivity index (χ4v) is 3.97. The first-order valence-corrected chi connectivity index (χ1v) is 8.40. The van der Waals surface area contributed by atoms with E-state index in [1.165, 1.54) is 41.4 Å². The van der Waals surface area contributed by atoms with Gasteiger partial charge in [0.2, 0.25) is 0 Å². The highest BCUT2D eigenvalue weighted by Gasteiger charge is 2.25. The van der Waals surface area contributed by atoms with E-state index in [1.54, 1.807) is 0 Å². The molecule has 3 nitrogen and oxygen atoms in total. The standard InChI is InChI=1S/C16H23BrN2O/c1-18-10-15-4-2-3-6-19(15)11-13-9-14(17)8-12-5-7-20-16(12)13/h8-9,15,18H,2-7,10-11H2,1H3. The lowest BCUT2D eigenvalue weighted by Gasteiger charge is -2.36. The lowest BCUT2D eigenvalue weighted by atomic mass is 10.00. The SMILES string of the molecule is CNCC1CCCCN1Cc1cc(Br)cc2c1OCC2. The van der Waals surface area contributed by atoms with E-state index in [-0.39, 0.29) is 0 Å². The molecule has 0 saturated carbocycles. The van der Waals surface area contributed by atoms with Gasteiger partial charge in [0.25, 0.3) is 0 Å². The van der Waals surface area contributed by atoms with Crippen LogP contribution in [0.25, 0.3) is 0 Å². The molecule has 0 aromatic heterocycles. The van der Waals surface area contributed by atoms with Gasteiger partial charge in [0.15, 0.2) is 0 Å². The number of hydrogen-bond acceptors (Lipinski definition) is 3. The van der Waals surface area contributed by atoms with E-state index in [2.05, 4.69) is 38.3 Å². The molecule has 0 bridgehead atoms. The van der Waals surface area contributed by atoms with Gasteiger partial charge in [-0.05, 0) is 44.1 Å². The average molecular weight is 339 g/mol. The Morgan fingerprint density at radius 1 is 1.40 bits per heavy atom. The van der Waals surface area contributed by atoms with E-state index < -0.39 is 0 Å². The highest BCUT2D eigenvalue weighted by atomic mass is 79.9. The van der Waals surface area contributed by atoms with Crippen molar-refractivity contribution in [3.63, 3.8) is 0 Å². The predicted octanol–water partition coefficient (Wildman–Crippen LogP) is 2.96. The summed E-state index contributed by atoms with van der Waals surface area (Å²) in [5, 5.41) is 3.33. The summed E-state index contributed by atoms with van der Waals surface area (Å²) in [5.74, 6) is 1.14. The lowest BCUT2D eigenvalue weighted by molar-refractivity contribution is 0.138. The summed E-state index contributed by atoms with van der Waals surface area (Å²) >= 11 is 3.64. The Labute approximate surface area is 129 Å². The maximum atomic E-state index is 5.86. The van der Waals surface area contributed by atoms with Gasteiger partial charge in [0.05, 0.1) is 6.61 Å². The lowest BCUT2D eigenvalue weighted by Crippen LogP contribution is -2.44. The maximum Gasteiger partial charge on any atom is 0.127 e. The first-order valence-electron chi connectivity index (χ1n) is 7.60. The number of benzene rings is 1. The van der Waals surface area contributed by atoms with Gasteiger partial charge in [0, 0.05) is 35.6 Å². The van der Waals surface area contributed by atoms with Crippen LogP contribution in [0.5, 0.6) is 5.75 Å². The van der Waals surface area contributed by atoms with Crippen LogP contribution in [0.15, 0.2) is 16.6 Å². The number of ether oxygens (including phenoxy) is 1. The number of likely N-dealkylation sites (tertiary alicyclic amines) is 1. The number of hydrogen-bond donors (Lipinski definition) is 1. The van der Waals surface area contributed by atoms with E-state index in [4.69, 9.17) is 4.74 Å². The van der Waals surface area contributed by atoms with Gasteiger partial charge < -0.3 is 10.1 Å². The Morgan fingerprint density at radius 3 is 3.15 bits per heavy atom. The van der Waals surface area contributed by atoms with E-state index in [0.717, 1.165) is 31.9 Å². The molecule has 0 aliphatic carbocycles. The number of nitrogens with zero attached hydrogens (tertiary/aromatic N) is 1. The third-order valence-electron chi connectivity index (χ3n) is 4.39. The van der Waals surface area contributed by atoms with Crippen LogP contribution in [0, 0.1) is 0 Å². The smallest absolute Gasteiger partial charge is 0.127 e. The van der Waals surface area contributed by atoms with Crippen LogP contribution in [-0.4, -0.2) is 37.7 Å². The van der Waals surface area contributed by atoms with Crippen LogP contribution < -0.4 is 10.1 Å². The Morgan fingerprint density at radius 2 is 2.30 bits per heavy atom. The van der Waals surface area contributed by atoms with Crippen molar-refractivity contribution >= 4 is 15.9 Å². The summed E-state index contributed by atoms with van der Waals surface area (Å²) in [6.07, 6.45) is 5.02. The minimum atomic E-state index is 0.657. The van der Waals surface area contributed by atoms with Crippen LogP contribution in [0.3, 0.4) is 0 Å². The number of likely N-dealkylation sites (N-methyl/N-ethyl adjacent to an activating group) is 1. The zero-order valence-corrected chi connectivity index (χ0v) is 13.7. The second-order valence-electron chi connectivity index (χ2n) is 5.83. The summed E-state index contributed by atoms with van der Waals surface area (Å²) < 4.78 is 7.04. The summed E-state index contributed by atoms with van der Waals surface area (Å²) in [7, 11) is 2.05. The Hall–Kier alpha value is -0.580. The third kappa shape index (κ3) is 3.02. The minimum absolute atomic E-state index is 0.657. The Bertz CT molecular complexity index is 476. The molecule has 1 saturated heterocycles. The molecule has 2 heterocycles. The van der Waals surface area contributed by atoms with Crippen molar-refractivity contribution < 1.29 is 4.74 Å². The van der Waals surface area contributed by atoms with Crippen LogP contribution in [0.1, 0.15) is 30.4 Å². The molecule has 0 amide bonds. The zero-order valence-electron chi connectivity index (χ0n) is 12.1. The Kier molecular flexibility index (Phi) is 4.64. The van der Waals surface area contributed by atoms with E-state index in [1.807, 2.05) is 7.05 Å². The first-order chi connectivity index (χ1) is 9.78. The molecule has 1 N–H and O–H groups in total. The van der Waals surface area contributed by atoms with Crippen molar-refractivity contribution in [1.82, 2.24) is 10.2 Å². The molecule has 1 aromatic carbocycles. The molecule has 2 aliphatic heterocycles. The van der Waals surface area contributed by atoms with E-state index in [9.17, 15) is 0 Å². The third-order valence-corrected chi connectivity index (χ3v) is 4.85. The largest absolute Gasteiger partial charge is 0.493 e. The van der Waals surface area contributed by atoms with Gasteiger partial charge in [-0.1, -0.05) is 22.4 Å². The minimum Gasteiger partial charge on any atom is -0.493 e. The van der Waals surface area contributed by atoms with Crippen molar-refractivity contribution in [2.75, 3.05) is 26.7 Å². The van der Waals surface area contributed by atoms with Gasteiger partial charge in [0.1, 0.15) is 5.75 Å². The molecule has 3 rings (SSSR count). The summed E-state index contributed by atoms with van der Waals surface area (Å²) in [6.45, 7) is 4.12. The van der Waals surface area contributed by atoms with Crippen LogP contribution in [-0.2, 0) is 13.0 Å². The molecule has 1 fully saturated rings. The van der Waals surface area contributed by atoms with Crippen molar-refractivity contribution in [2.45, 2.75) is 38.3 Å². The number of halogens is 1. The number of nitrogens with one attached hydrogen (secondary N) is 1. The summed E-state index contributed by atoms with van der Waals surface area (Å²) in [5.41, 5.74) is 2.70. The first kappa shape index (κ1) is 14.4. The normalized spacial score (nSPS) is 22.6. The van der Waals surface area contributed by atoms with Crippen LogP contribution in [0.4, 0.5) is 0 Å². The van der Waals surface area contributed by atoms with Crippen molar-refractivity contribution in [2.24, 2.45) is 0 Å². The molecule has 20 heavy (non-hydrogen) atoms. The highest BCUT2D eigenvalue weighted by molar-refractivity contribution is 9.10. The van der Waals surface area contributed by atoms with Crippen LogP contribution in [0.2, 0.25) is 0 Å². The monoisotopic (exact) mass is 338 g/mol. The van der Waals surface area contributed by atoms with Gasteiger partial charge in [-0.2, -0.15) is 0 Å². The number of rotatable bonds is 4. The molecule has 1 atom stereocenters. The zero-order chi connectivity index (χ0) is 13.9. The molecular weight excluding hydrogens is 316 g/mol. The highest BCUT2D eigenvalue weighted by Crippen LogP contribution is 2.34. The van der Waals surface area contributed by atoms with E-state index >= 15 is 0 Å². The van der Waals surface area contributed by atoms with Gasteiger partial charge in [-0.3, -0.25) is 4.90 Å². The quantitative estimate of drug-likeness (QED) is 0.913. The molecule has 1 unspecified atom stereocenters. The van der Waals surface area contributed by atoms with Crippen LogP contribution >= 0.6 is 15.9 Å². The van der Waals surface area contributed by atoms with Gasteiger partial charge in [-0.15, -0.1) is 0 Å². The number of piperidine rings is 1. The second kappa shape index (κ2) is 6.46. The predicted molar refractivity (Wildman–Crippen MR) is 85.3 cm³/mol. The molecular formula is C16H23BrN2O. The molecule has 0 spiro atoms. The van der Waals surface area contributed by atoms with Crippen molar-refractivity contribution in [1.29, 1.82) is 0 Å². The fraction of sp³-hybridized carbons (Fsp3) is 0.625. The maximum absolute atomic E-state index is 5.86. The topological polar surface area (TPSA) is 24.5 Å². The van der Waals surface area contributed by atoms with Crippen molar-refractivity contribution in [3.8, 4) is 5.75 Å². The average Bonchev–Trinajstić information content (AvgIpc) is 2.89. The van der Waals surface area contributed by atoms with Gasteiger partial charge in [-0.25, -0.2) is 0 Å². The molecule has 110 valence electrons. The molecule has 4 heteroatoms. The van der Waals surface area contributed by atoms with Gasteiger partial charge >= 0.3 is 0 Å². The molecule has 2 aliphatic rings. The summed E-state index contributed by atoms with van der Waals surface area (Å²) in [4.78, 5) is 2.61. The van der Waals surface area contributed by atoms with Crippen molar-refractivity contribution in [3.05, 3.63) is 27.7 Å². The summed E-state index contributed by atoms with van der Waals surface area (Å²) in [6, 6.07) is 5.09. The molecule has 0 radical (unpaired) electrons. The van der Waals surface area contributed by atoms with E-state index in [0.29, 0.717) is 6.04 Å².